The van der Waals surface area contributed by atoms with Crippen LogP contribution in [-0.4, -0.2) is 18.0 Å². The Labute approximate surface area is 116 Å². The lowest BCUT2D eigenvalue weighted by molar-refractivity contribution is 0.571. The van der Waals surface area contributed by atoms with Gasteiger partial charge in [0.05, 0.1) is 18.0 Å². The Morgan fingerprint density at radius 1 is 1.40 bits per heavy atom. The summed E-state index contributed by atoms with van der Waals surface area (Å²) in [5.41, 5.74) is 6.81. The summed E-state index contributed by atoms with van der Waals surface area (Å²) in [5.74, 6) is -0.0418. The first-order valence-corrected chi connectivity index (χ1v) is 7.18. The number of hydrogen-bond donors (Lipinski definition) is 2. The summed E-state index contributed by atoms with van der Waals surface area (Å²) < 4.78 is 28.0. The fourth-order valence-electron chi connectivity index (χ4n) is 1.71. The number of nitrogens with two attached hydrogens (primary N) is 1. The Morgan fingerprint density at radius 3 is 2.55 bits per heavy atom. The van der Waals surface area contributed by atoms with E-state index in [9.17, 15) is 8.42 Å². The van der Waals surface area contributed by atoms with Crippen molar-refractivity contribution < 1.29 is 8.42 Å². The van der Waals surface area contributed by atoms with E-state index in [-0.39, 0.29) is 17.4 Å². The predicted octanol–water partition coefficient (Wildman–Crippen LogP) is 0.352. The number of aromatic nitrogens is 2. The van der Waals surface area contributed by atoms with Crippen molar-refractivity contribution in [3.8, 4) is 6.07 Å². The Bertz CT molecular complexity index is 737. The fraction of sp³-hybridized carbons (Fsp3) is 0.167. The normalized spacial score (nSPS) is 11.2. The number of imidazole rings is 1. The van der Waals surface area contributed by atoms with E-state index in [4.69, 9.17) is 11.0 Å². The van der Waals surface area contributed by atoms with Gasteiger partial charge in [-0.05, 0) is 17.7 Å². The van der Waals surface area contributed by atoms with Gasteiger partial charge in [0.1, 0.15) is 0 Å². The third-order valence-corrected chi connectivity index (χ3v) is 4.24. The number of benzene rings is 1. The lowest BCUT2D eigenvalue weighted by Crippen LogP contribution is -2.25. The van der Waals surface area contributed by atoms with Gasteiger partial charge >= 0.3 is 0 Å². The maximum Gasteiger partial charge on any atom is 0.260 e. The average molecular weight is 291 g/mol. The number of nitrogens with one attached hydrogen (secondary N) is 1. The van der Waals surface area contributed by atoms with Crippen molar-refractivity contribution in [3.05, 3.63) is 41.7 Å². The minimum absolute atomic E-state index is 0.0418. The molecule has 0 radical (unpaired) electrons. The molecule has 1 aromatic heterocycles. The minimum Gasteiger partial charge on any atom is -0.381 e. The Morgan fingerprint density at radius 2 is 2.05 bits per heavy atom. The maximum atomic E-state index is 12.1. The Hall–Kier alpha value is -2.37. The molecular formula is C12H13N5O2S. The highest BCUT2D eigenvalue weighted by Gasteiger charge is 2.21. The van der Waals surface area contributed by atoms with Crippen molar-refractivity contribution >= 4 is 15.8 Å². The van der Waals surface area contributed by atoms with Gasteiger partial charge in [-0.15, -0.1) is 0 Å². The van der Waals surface area contributed by atoms with Crippen molar-refractivity contribution in [2.24, 2.45) is 7.05 Å². The fourth-order valence-corrected chi connectivity index (χ4v) is 2.96. The molecule has 0 spiro atoms. The monoisotopic (exact) mass is 291 g/mol. The van der Waals surface area contributed by atoms with Gasteiger partial charge in [-0.25, -0.2) is 18.1 Å². The highest BCUT2D eigenvalue weighted by atomic mass is 32.2. The average Bonchev–Trinajstić information content (AvgIpc) is 2.77. The summed E-state index contributed by atoms with van der Waals surface area (Å²) in [6, 6.07) is 8.63. The summed E-state index contributed by atoms with van der Waals surface area (Å²) in [7, 11) is -2.18. The van der Waals surface area contributed by atoms with Crippen molar-refractivity contribution in [2.45, 2.75) is 11.6 Å². The molecule has 1 heterocycles. The molecule has 3 N–H and O–H groups in total. The zero-order valence-electron chi connectivity index (χ0n) is 10.7. The number of nitrogen functional groups attached to an aromatic ring is 1. The highest BCUT2D eigenvalue weighted by Crippen LogP contribution is 2.15. The number of hydrogen-bond acceptors (Lipinski definition) is 5. The van der Waals surface area contributed by atoms with Crippen LogP contribution in [0.25, 0.3) is 0 Å². The first-order chi connectivity index (χ1) is 9.44. The third kappa shape index (κ3) is 2.79. The van der Waals surface area contributed by atoms with E-state index in [0.717, 1.165) is 5.56 Å². The SMILES string of the molecule is Cn1cnc(N)c1S(=O)(=O)NCc1ccc(C#N)cc1. The highest BCUT2D eigenvalue weighted by molar-refractivity contribution is 7.89. The lowest BCUT2D eigenvalue weighted by atomic mass is 10.1. The van der Waals surface area contributed by atoms with E-state index < -0.39 is 10.0 Å². The van der Waals surface area contributed by atoms with Gasteiger partial charge in [-0.1, -0.05) is 12.1 Å². The zero-order valence-corrected chi connectivity index (χ0v) is 11.6. The van der Waals surface area contributed by atoms with Crippen LogP contribution in [0, 0.1) is 11.3 Å². The van der Waals surface area contributed by atoms with Crippen LogP contribution >= 0.6 is 0 Å². The van der Waals surface area contributed by atoms with Crippen molar-refractivity contribution in [3.63, 3.8) is 0 Å². The maximum absolute atomic E-state index is 12.1. The van der Waals surface area contributed by atoms with Gasteiger partial charge in [0.2, 0.25) is 0 Å². The van der Waals surface area contributed by atoms with Crippen molar-refractivity contribution in [2.75, 3.05) is 5.73 Å². The van der Waals surface area contributed by atoms with Gasteiger partial charge in [0, 0.05) is 13.6 Å². The summed E-state index contributed by atoms with van der Waals surface area (Å²) in [6.07, 6.45) is 1.34. The second-order valence-electron chi connectivity index (χ2n) is 4.18. The molecule has 2 aromatic rings. The summed E-state index contributed by atoms with van der Waals surface area (Å²) >= 11 is 0. The standard InChI is InChI=1S/C12H13N5O2S/c1-17-8-15-11(14)12(17)20(18,19)16-7-10-4-2-9(6-13)3-5-10/h2-5,8,16H,7,14H2,1H3. The van der Waals surface area contributed by atoms with Gasteiger partial charge < -0.3 is 10.3 Å². The Kier molecular flexibility index (Phi) is 3.74. The molecule has 0 bridgehead atoms. The quantitative estimate of drug-likeness (QED) is 0.843. The number of rotatable bonds is 4. The molecule has 2 rings (SSSR count). The number of anilines is 1. The smallest absolute Gasteiger partial charge is 0.260 e. The van der Waals surface area contributed by atoms with Gasteiger partial charge in [0.15, 0.2) is 10.8 Å². The summed E-state index contributed by atoms with van der Waals surface area (Å²) in [5, 5.41) is 8.62. The number of aryl methyl sites for hydroxylation is 1. The first kappa shape index (κ1) is 14.0. The van der Waals surface area contributed by atoms with E-state index in [1.54, 1.807) is 31.3 Å². The molecule has 0 aliphatic heterocycles. The molecule has 104 valence electrons. The van der Waals surface area contributed by atoms with E-state index in [1.165, 1.54) is 10.9 Å². The van der Waals surface area contributed by atoms with E-state index in [0.29, 0.717) is 5.56 Å². The second-order valence-corrected chi connectivity index (χ2v) is 5.86. The molecule has 1 aromatic carbocycles. The summed E-state index contributed by atoms with van der Waals surface area (Å²) in [6.45, 7) is 0.110. The minimum atomic E-state index is -3.73. The number of nitrogens with zero attached hydrogens (tertiary/aromatic N) is 3. The molecule has 0 aliphatic carbocycles. The van der Waals surface area contributed by atoms with Gasteiger partial charge in [0.25, 0.3) is 10.0 Å². The molecule has 0 amide bonds. The van der Waals surface area contributed by atoms with Crippen LogP contribution in [0.3, 0.4) is 0 Å². The van der Waals surface area contributed by atoms with Crippen LogP contribution in [0.2, 0.25) is 0 Å². The van der Waals surface area contributed by atoms with Crippen LogP contribution < -0.4 is 10.5 Å². The second kappa shape index (κ2) is 5.32. The molecule has 0 atom stereocenters. The molecule has 7 nitrogen and oxygen atoms in total. The molecule has 0 saturated heterocycles. The van der Waals surface area contributed by atoms with E-state index in [1.807, 2.05) is 6.07 Å². The third-order valence-electron chi connectivity index (χ3n) is 2.71. The summed E-state index contributed by atoms with van der Waals surface area (Å²) in [4.78, 5) is 3.75. The largest absolute Gasteiger partial charge is 0.381 e. The van der Waals surface area contributed by atoms with E-state index in [2.05, 4.69) is 9.71 Å². The van der Waals surface area contributed by atoms with Crippen LogP contribution in [0.5, 0.6) is 0 Å². The molecule has 8 heteroatoms. The van der Waals surface area contributed by atoms with Gasteiger partial charge in [-0.2, -0.15) is 5.26 Å². The lowest BCUT2D eigenvalue weighted by Gasteiger charge is -2.08. The van der Waals surface area contributed by atoms with Crippen LogP contribution in [0.4, 0.5) is 5.82 Å². The first-order valence-electron chi connectivity index (χ1n) is 5.69. The zero-order chi connectivity index (χ0) is 14.8. The molecular weight excluding hydrogens is 278 g/mol. The molecule has 0 unspecified atom stereocenters. The van der Waals surface area contributed by atoms with Gasteiger partial charge in [-0.3, -0.25) is 0 Å². The van der Waals surface area contributed by atoms with Crippen LogP contribution in [-0.2, 0) is 23.6 Å². The van der Waals surface area contributed by atoms with Crippen molar-refractivity contribution in [1.82, 2.24) is 14.3 Å². The van der Waals surface area contributed by atoms with Crippen molar-refractivity contribution in [1.29, 1.82) is 5.26 Å². The number of sulfonamides is 1. The van der Waals surface area contributed by atoms with E-state index >= 15 is 0 Å². The molecule has 0 fully saturated rings. The molecule has 0 saturated carbocycles. The Balaban J connectivity index is 2.15. The topological polar surface area (TPSA) is 114 Å². The predicted molar refractivity (Wildman–Crippen MR) is 72.8 cm³/mol. The molecule has 0 aliphatic rings. The number of nitriles is 1. The molecule has 20 heavy (non-hydrogen) atoms. The van der Waals surface area contributed by atoms with Crippen LogP contribution in [0.15, 0.2) is 35.6 Å². The van der Waals surface area contributed by atoms with Crippen LogP contribution in [0.1, 0.15) is 11.1 Å².